The summed E-state index contributed by atoms with van der Waals surface area (Å²) in [7, 11) is 0. The third-order valence-corrected chi connectivity index (χ3v) is 6.15. The Balaban J connectivity index is 1.60. The van der Waals surface area contributed by atoms with Crippen molar-refractivity contribution in [3.05, 3.63) is 106 Å². The Hall–Kier alpha value is -2.87. The van der Waals surface area contributed by atoms with Gasteiger partial charge in [0.05, 0.1) is 6.04 Å². The zero-order valence-corrected chi connectivity index (χ0v) is 17.6. The van der Waals surface area contributed by atoms with Crippen molar-refractivity contribution >= 4 is 5.91 Å². The molecule has 1 atom stereocenters. The molecule has 1 aliphatic heterocycles. The number of hydrogen-bond donors (Lipinski definition) is 0. The third kappa shape index (κ3) is 3.98. The summed E-state index contributed by atoms with van der Waals surface area (Å²) in [6.07, 6.45) is 2.28. The first-order valence-electron chi connectivity index (χ1n) is 10.5. The van der Waals surface area contributed by atoms with Gasteiger partial charge in [0.1, 0.15) is 0 Å². The zero-order valence-electron chi connectivity index (χ0n) is 17.6. The van der Waals surface area contributed by atoms with Gasteiger partial charge in [-0.25, -0.2) is 0 Å². The van der Waals surface area contributed by atoms with Crippen LogP contribution in [0, 0.1) is 20.8 Å². The maximum atomic E-state index is 13.4. The van der Waals surface area contributed by atoms with E-state index in [1.54, 1.807) is 0 Å². The molecular weight excluding hydrogens is 354 g/mol. The lowest BCUT2D eigenvalue weighted by atomic mass is 9.87. The Bertz CT molecular complexity index is 999. The summed E-state index contributed by atoms with van der Waals surface area (Å²) >= 11 is 0. The molecule has 29 heavy (non-hydrogen) atoms. The zero-order chi connectivity index (χ0) is 20.4. The molecule has 1 heterocycles. The van der Waals surface area contributed by atoms with E-state index in [9.17, 15) is 4.79 Å². The summed E-state index contributed by atoms with van der Waals surface area (Å²) in [4.78, 5) is 15.5. The van der Waals surface area contributed by atoms with Crippen molar-refractivity contribution in [3.8, 4) is 0 Å². The van der Waals surface area contributed by atoms with E-state index in [1.165, 1.54) is 38.9 Å². The summed E-state index contributed by atoms with van der Waals surface area (Å²) < 4.78 is 0. The Morgan fingerprint density at radius 3 is 2.31 bits per heavy atom. The summed E-state index contributed by atoms with van der Waals surface area (Å²) in [5, 5.41) is 0. The standard InChI is InChI=1S/C27H29NO/c1-19-17-20(2)24(21(3)18-19)13-14-26(29)28-16-15-22-9-7-8-12-25(22)27(28)23-10-5-4-6-11-23/h4-12,17-18,27H,13-16H2,1-3H3. The molecule has 0 aromatic heterocycles. The van der Waals surface area contributed by atoms with Crippen molar-refractivity contribution in [1.29, 1.82) is 0 Å². The van der Waals surface area contributed by atoms with E-state index in [4.69, 9.17) is 0 Å². The molecule has 3 aromatic carbocycles. The van der Waals surface area contributed by atoms with Crippen molar-refractivity contribution < 1.29 is 4.79 Å². The number of nitrogens with zero attached hydrogens (tertiary/aromatic N) is 1. The van der Waals surface area contributed by atoms with E-state index in [0.29, 0.717) is 6.42 Å². The number of rotatable bonds is 4. The average molecular weight is 384 g/mol. The van der Waals surface area contributed by atoms with Crippen molar-refractivity contribution in [2.45, 2.75) is 46.1 Å². The van der Waals surface area contributed by atoms with Crippen LogP contribution in [0.2, 0.25) is 0 Å². The highest BCUT2D eigenvalue weighted by Gasteiger charge is 2.31. The molecule has 0 aliphatic carbocycles. The van der Waals surface area contributed by atoms with Crippen molar-refractivity contribution in [3.63, 3.8) is 0 Å². The smallest absolute Gasteiger partial charge is 0.223 e. The minimum absolute atomic E-state index is 0.00821. The number of benzene rings is 3. The van der Waals surface area contributed by atoms with E-state index >= 15 is 0 Å². The van der Waals surface area contributed by atoms with Crippen LogP contribution in [0.5, 0.6) is 0 Å². The summed E-state index contributed by atoms with van der Waals surface area (Å²) in [6.45, 7) is 7.22. The highest BCUT2D eigenvalue weighted by Crippen LogP contribution is 2.35. The van der Waals surface area contributed by atoms with Crippen LogP contribution in [-0.2, 0) is 17.6 Å². The Labute approximate surface area is 174 Å². The Morgan fingerprint density at radius 1 is 0.931 bits per heavy atom. The normalized spacial score (nSPS) is 15.8. The molecule has 148 valence electrons. The van der Waals surface area contributed by atoms with Gasteiger partial charge < -0.3 is 4.90 Å². The summed E-state index contributed by atoms with van der Waals surface area (Å²) in [6, 6.07) is 23.5. The molecule has 1 aliphatic rings. The fourth-order valence-electron chi connectivity index (χ4n) is 4.81. The lowest BCUT2D eigenvalue weighted by molar-refractivity contribution is -0.133. The van der Waals surface area contributed by atoms with Gasteiger partial charge in [-0.3, -0.25) is 4.79 Å². The lowest BCUT2D eigenvalue weighted by Crippen LogP contribution is -2.40. The molecule has 0 radical (unpaired) electrons. The van der Waals surface area contributed by atoms with Crippen LogP contribution in [0.1, 0.15) is 51.4 Å². The van der Waals surface area contributed by atoms with E-state index in [2.05, 4.69) is 86.3 Å². The number of aryl methyl sites for hydroxylation is 3. The number of carbonyl (C=O) groups is 1. The molecule has 1 amide bonds. The molecule has 3 aromatic rings. The second-order valence-corrected chi connectivity index (χ2v) is 8.23. The first-order chi connectivity index (χ1) is 14.0. The van der Waals surface area contributed by atoms with Gasteiger partial charge in [-0.2, -0.15) is 0 Å². The maximum absolute atomic E-state index is 13.4. The SMILES string of the molecule is Cc1cc(C)c(CCC(=O)N2CCc3ccccc3C2c2ccccc2)c(C)c1. The van der Waals surface area contributed by atoms with Gasteiger partial charge in [0.15, 0.2) is 0 Å². The lowest BCUT2D eigenvalue weighted by Gasteiger charge is -2.38. The number of carbonyl (C=O) groups excluding carboxylic acids is 1. The number of fused-ring (bicyclic) bond motifs is 1. The molecule has 2 heteroatoms. The Kier molecular flexibility index (Phi) is 5.53. The van der Waals surface area contributed by atoms with E-state index in [-0.39, 0.29) is 11.9 Å². The minimum Gasteiger partial charge on any atom is -0.331 e. The van der Waals surface area contributed by atoms with Gasteiger partial charge in [0.2, 0.25) is 5.91 Å². The predicted octanol–water partition coefficient (Wildman–Crippen LogP) is 5.72. The summed E-state index contributed by atoms with van der Waals surface area (Å²) in [5.74, 6) is 0.243. The third-order valence-electron chi connectivity index (χ3n) is 6.15. The van der Waals surface area contributed by atoms with Gasteiger partial charge in [-0.15, -0.1) is 0 Å². The largest absolute Gasteiger partial charge is 0.331 e. The predicted molar refractivity (Wildman–Crippen MR) is 119 cm³/mol. The van der Waals surface area contributed by atoms with Crippen LogP contribution in [0.4, 0.5) is 0 Å². The van der Waals surface area contributed by atoms with Crippen LogP contribution >= 0.6 is 0 Å². The first kappa shape index (κ1) is 19.4. The fourth-order valence-corrected chi connectivity index (χ4v) is 4.81. The molecule has 2 nitrogen and oxygen atoms in total. The quantitative estimate of drug-likeness (QED) is 0.564. The molecule has 0 spiro atoms. The van der Waals surface area contributed by atoms with E-state index < -0.39 is 0 Å². The number of amides is 1. The van der Waals surface area contributed by atoms with Crippen molar-refractivity contribution in [1.82, 2.24) is 4.90 Å². The summed E-state index contributed by atoms with van der Waals surface area (Å²) in [5.41, 5.74) is 8.99. The van der Waals surface area contributed by atoms with Gasteiger partial charge in [0.25, 0.3) is 0 Å². The monoisotopic (exact) mass is 383 g/mol. The highest BCUT2D eigenvalue weighted by molar-refractivity contribution is 5.78. The van der Waals surface area contributed by atoms with Crippen LogP contribution in [0.3, 0.4) is 0 Å². The molecule has 0 N–H and O–H groups in total. The van der Waals surface area contributed by atoms with Crippen LogP contribution in [0.25, 0.3) is 0 Å². The molecule has 1 unspecified atom stereocenters. The van der Waals surface area contributed by atoms with Gasteiger partial charge >= 0.3 is 0 Å². The average Bonchev–Trinajstić information content (AvgIpc) is 2.72. The van der Waals surface area contributed by atoms with Crippen LogP contribution < -0.4 is 0 Å². The fraction of sp³-hybridized carbons (Fsp3) is 0.296. The number of hydrogen-bond acceptors (Lipinski definition) is 1. The van der Waals surface area contributed by atoms with Crippen molar-refractivity contribution in [2.24, 2.45) is 0 Å². The highest BCUT2D eigenvalue weighted by atomic mass is 16.2. The first-order valence-corrected chi connectivity index (χ1v) is 10.5. The minimum atomic E-state index is 0.00821. The van der Waals surface area contributed by atoms with Crippen LogP contribution in [-0.4, -0.2) is 17.4 Å². The van der Waals surface area contributed by atoms with Crippen LogP contribution in [0.15, 0.2) is 66.7 Å². The maximum Gasteiger partial charge on any atom is 0.223 e. The second kappa shape index (κ2) is 8.24. The molecule has 0 saturated heterocycles. The second-order valence-electron chi connectivity index (χ2n) is 8.23. The van der Waals surface area contributed by atoms with Crippen molar-refractivity contribution in [2.75, 3.05) is 6.54 Å². The Morgan fingerprint density at radius 2 is 1.59 bits per heavy atom. The molecule has 4 rings (SSSR count). The molecular formula is C27H29NO. The van der Waals surface area contributed by atoms with E-state index in [1.807, 2.05) is 6.07 Å². The van der Waals surface area contributed by atoms with E-state index in [0.717, 1.165) is 19.4 Å². The van der Waals surface area contributed by atoms with Gasteiger partial charge in [-0.05, 0) is 67.0 Å². The van der Waals surface area contributed by atoms with Gasteiger partial charge in [0, 0.05) is 13.0 Å². The van der Waals surface area contributed by atoms with Gasteiger partial charge in [-0.1, -0.05) is 72.3 Å². The molecule has 0 fully saturated rings. The molecule has 0 saturated carbocycles. The molecule has 0 bridgehead atoms. The topological polar surface area (TPSA) is 20.3 Å².